The van der Waals surface area contributed by atoms with E-state index in [-0.39, 0.29) is 65.0 Å². The normalized spacial score (nSPS) is 11.8. The average Bonchev–Trinajstić information content (AvgIpc) is 2.51. The van der Waals surface area contributed by atoms with Gasteiger partial charge in [0, 0.05) is 6.54 Å². The zero-order chi connectivity index (χ0) is 17.1. The van der Waals surface area contributed by atoms with E-state index in [2.05, 4.69) is 16.8 Å². The number of phosphoric acid groups is 1. The Morgan fingerprint density at radius 1 is 1.12 bits per heavy atom. The first-order chi connectivity index (χ1) is 10.9. The molecule has 1 rings (SSSR count). The zero-order valence-corrected chi connectivity index (χ0v) is 20.3. The van der Waals surface area contributed by atoms with Crippen LogP contribution in [0.4, 0.5) is 0 Å². The second-order valence-corrected chi connectivity index (χ2v) is 6.56. The minimum absolute atomic E-state index is 0. The molecule has 130 valence electrons. The van der Waals surface area contributed by atoms with E-state index in [1.807, 2.05) is 0 Å². The van der Waals surface area contributed by atoms with E-state index < -0.39 is 20.3 Å². The molecule has 25 heavy (non-hydrogen) atoms. The molecule has 1 aromatic carbocycles. The van der Waals surface area contributed by atoms with E-state index in [1.165, 1.54) is 6.42 Å². The van der Waals surface area contributed by atoms with Crippen molar-refractivity contribution in [2.75, 3.05) is 13.2 Å². The number of nitrogens with one attached hydrogen (secondary N) is 1. The fourth-order valence-electron chi connectivity index (χ4n) is 2.24. The van der Waals surface area contributed by atoms with Gasteiger partial charge in [0.2, 0.25) is 5.91 Å². The van der Waals surface area contributed by atoms with Crippen LogP contribution < -0.4 is 74.2 Å². The Balaban J connectivity index is 0. The van der Waals surface area contributed by atoms with Crippen molar-refractivity contribution in [2.24, 2.45) is 0 Å². The van der Waals surface area contributed by atoms with E-state index in [9.17, 15) is 19.1 Å². The molecule has 9 heteroatoms. The number of rotatable bonds is 11. The molecule has 1 unspecified atom stereocenters. The molecule has 1 atom stereocenters. The van der Waals surface area contributed by atoms with E-state index in [0.29, 0.717) is 12.1 Å². The number of hydrogen-bond acceptors (Lipinski definition) is 5. The van der Waals surface area contributed by atoms with Gasteiger partial charge >= 0.3 is 59.1 Å². The van der Waals surface area contributed by atoms with E-state index >= 15 is 0 Å². The molecule has 0 bridgehead atoms. The molecule has 1 aromatic rings. The monoisotopic (exact) mass is 387 g/mol. The van der Waals surface area contributed by atoms with Gasteiger partial charge < -0.3 is 24.2 Å². The average molecular weight is 387 g/mol. The maximum absolute atomic E-state index is 12.3. The first kappa shape index (κ1) is 28.0. The van der Waals surface area contributed by atoms with Gasteiger partial charge in [0.15, 0.2) is 0 Å². The van der Waals surface area contributed by atoms with Crippen LogP contribution in [0.1, 0.15) is 50.5 Å². The molecule has 0 saturated carbocycles. The van der Waals surface area contributed by atoms with Crippen LogP contribution in [0.2, 0.25) is 0 Å². The third-order valence-electron chi connectivity index (χ3n) is 3.50. The number of benzene rings is 1. The molecule has 0 spiro atoms. The molecule has 0 fully saturated rings. The van der Waals surface area contributed by atoms with Crippen molar-refractivity contribution < 1.29 is 82.8 Å². The van der Waals surface area contributed by atoms with Crippen LogP contribution in [0.5, 0.6) is 0 Å². The van der Waals surface area contributed by atoms with E-state index in [4.69, 9.17) is 0 Å². The summed E-state index contributed by atoms with van der Waals surface area (Å²) in [5.41, 5.74) is 0.615. The molecule has 0 aliphatic carbocycles. The smallest absolute Gasteiger partial charge is 0.790 e. The molecule has 1 N–H and O–H groups in total. The molecule has 0 aliphatic heterocycles. The van der Waals surface area contributed by atoms with Crippen molar-refractivity contribution in [1.82, 2.24) is 5.32 Å². The van der Waals surface area contributed by atoms with Gasteiger partial charge in [0.1, 0.15) is 0 Å². The Morgan fingerprint density at radius 2 is 1.72 bits per heavy atom. The number of unbranched alkanes of at least 4 members (excludes halogenated alkanes) is 4. The number of carbonyl (C=O) groups is 1. The summed E-state index contributed by atoms with van der Waals surface area (Å²) in [4.78, 5) is 33.6. The quantitative estimate of drug-likeness (QED) is 0.235. The van der Waals surface area contributed by atoms with Crippen molar-refractivity contribution in [1.29, 1.82) is 0 Å². The Labute approximate surface area is 194 Å². The van der Waals surface area contributed by atoms with Gasteiger partial charge in [-0.15, -0.1) is 0 Å². The molecule has 0 saturated heterocycles. The summed E-state index contributed by atoms with van der Waals surface area (Å²) < 4.78 is 15.0. The third kappa shape index (κ3) is 13.6. The Bertz CT molecular complexity index is 513. The van der Waals surface area contributed by atoms with Crippen molar-refractivity contribution in [2.45, 2.75) is 44.9 Å². The van der Waals surface area contributed by atoms with Crippen LogP contribution >= 0.6 is 7.82 Å². The largest absolute Gasteiger partial charge is 1.00 e. The predicted molar refractivity (Wildman–Crippen MR) is 84.5 cm³/mol. The van der Waals surface area contributed by atoms with Crippen molar-refractivity contribution in [3.63, 3.8) is 0 Å². The standard InChI is InChI=1S/C16H26NO5P.2Na/c1-2-3-4-5-9-12-17-16(18)15(13-22-23(19,20)21)14-10-7-6-8-11-14;;/h6-8,10-11,15H,2-5,9,12-13H2,1H3,(H,17,18)(H2,19,20,21);;/q;2*+1/p-2. The van der Waals surface area contributed by atoms with Crippen molar-refractivity contribution >= 4 is 13.7 Å². The Morgan fingerprint density at radius 3 is 2.28 bits per heavy atom. The van der Waals surface area contributed by atoms with E-state index in [0.717, 1.165) is 25.7 Å². The van der Waals surface area contributed by atoms with E-state index in [1.54, 1.807) is 30.3 Å². The van der Waals surface area contributed by atoms with Gasteiger partial charge in [0.25, 0.3) is 0 Å². The minimum Gasteiger partial charge on any atom is -0.790 e. The zero-order valence-electron chi connectivity index (χ0n) is 15.4. The number of phosphoric ester groups is 1. The molecule has 0 radical (unpaired) electrons. The van der Waals surface area contributed by atoms with Gasteiger partial charge in [0.05, 0.1) is 20.3 Å². The summed E-state index contributed by atoms with van der Waals surface area (Å²) >= 11 is 0. The third-order valence-corrected chi connectivity index (χ3v) is 3.96. The summed E-state index contributed by atoms with van der Waals surface area (Å²) in [5, 5.41) is 2.78. The first-order valence-electron chi connectivity index (χ1n) is 7.93. The topological polar surface area (TPSA) is 102 Å². The van der Waals surface area contributed by atoms with Gasteiger partial charge in [-0.05, 0) is 12.0 Å². The summed E-state index contributed by atoms with van der Waals surface area (Å²) in [7, 11) is -5.10. The maximum Gasteiger partial charge on any atom is 1.00 e. The predicted octanol–water partition coefficient (Wildman–Crippen LogP) is -4.29. The number of hydrogen-bond donors (Lipinski definition) is 1. The number of amides is 1. The van der Waals surface area contributed by atoms with Gasteiger partial charge in [-0.1, -0.05) is 62.9 Å². The second-order valence-electron chi connectivity index (χ2n) is 5.41. The van der Waals surface area contributed by atoms with Gasteiger partial charge in [-0.25, -0.2) is 0 Å². The number of carbonyl (C=O) groups excluding carboxylic acids is 1. The fraction of sp³-hybridized carbons (Fsp3) is 0.562. The summed E-state index contributed by atoms with van der Waals surface area (Å²) in [5.74, 6) is -1.15. The molecule has 0 heterocycles. The molecular formula is C16H24NNa2O5P. The fourth-order valence-corrected chi connectivity index (χ4v) is 2.57. The second kappa shape index (κ2) is 15.8. The van der Waals surface area contributed by atoms with Crippen LogP contribution in [-0.2, 0) is 13.9 Å². The maximum atomic E-state index is 12.3. The molecule has 0 aromatic heterocycles. The first-order valence-corrected chi connectivity index (χ1v) is 9.39. The van der Waals surface area contributed by atoms with Crippen LogP contribution in [0, 0.1) is 0 Å². The van der Waals surface area contributed by atoms with Gasteiger partial charge in [-0.3, -0.25) is 4.79 Å². The van der Waals surface area contributed by atoms with Crippen LogP contribution in [0.3, 0.4) is 0 Å². The minimum atomic E-state index is -5.10. The molecule has 6 nitrogen and oxygen atoms in total. The molecular weight excluding hydrogens is 363 g/mol. The van der Waals surface area contributed by atoms with Crippen LogP contribution in [-0.4, -0.2) is 19.1 Å². The van der Waals surface area contributed by atoms with Gasteiger partial charge in [-0.2, -0.15) is 0 Å². The van der Waals surface area contributed by atoms with Crippen molar-refractivity contribution in [3.05, 3.63) is 35.9 Å². The molecule has 1 amide bonds. The van der Waals surface area contributed by atoms with Crippen molar-refractivity contribution in [3.8, 4) is 0 Å². The summed E-state index contributed by atoms with van der Waals surface area (Å²) in [6.45, 7) is 2.19. The Hall–Kier alpha value is 0.800. The van der Waals surface area contributed by atoms with Crippen LogP contribution in [0.15, 0.2) is 30.3 Å². The summed E-state index contributed by atoms with van der Waals surface area (Å²) in [6, 6.07) is 8.69. The summed E-state index contributed by atoms with van der Waals surface area (Å²) in [6.07, 6.45) is 5.38. The SMILES string of the molecule is CCCCCCCNC(=O)C(COP(=O)([O-])[O-])c1ccccc1.[Na+].[Na+]. The van der Waals surface area contributed by atoms with Crippen LogP contribution in [0.25, 0.3) is 0 Å². The molecule has 0 aliphatic rings. The Kier molecular flexibility index (Phi) is 17.7.